The molecule has 0 saturated carbocycles. The average Bonchev–Trinajstić information content (AvgIpc) is 3.52. The quantitative estimate of drug-likeness (QED) is 0.343. The van der Waals surface area contributed by atoms with Crippen molar-refractivity contribution in [3.05, 3.63) is 81.5 Å². The highest BCUT2D eigenvalue weighted by molar-refractivity contribution is 6.32. The molecule has 0 saturated heterocycles. The number of tetrazole rings is 1. The van der Waals surface area contributed by atoms with Crippen LogP contribution < -0.4 is 5.73 Å². The van der Waals surface area contributed by atoms with Crippen LogP contribution in [0.25, 0.3) is 23.0 Å². The van der Waals surface area contributed by atoms with Crippen LogP contribution in [-0.4, -0.2) is 36.1 Å². The first kappa shape index (κ1) is 24.2. The van der Waals surface area contributed by atoms with Gasteiger partial charge in [-0.05, 0) is 59.5 Å². The number of carbonyl (C=O) groups is 1. The number of aromatic nitrogens is 6. The van der Waals surface area contributed by atoms with E-state index in [4.69, 9.17) is 33.9 Å². The first-order valence-corrected chi connectivity index (χ1v) is 12.6. The van der Waals surface area contributed by atoms with Gasteiger partial charge in [-0.1, -0.05) is 66.7 Å². The van der Waals surface area contributed by atoms with Crippen LogP contribution in [0.1, 0.15) is 55.0 Å². The standard InChI is InChI=1S/C26H25Cl2N7O/c27-18-11-12-22(35-15-30-33-34-35)17(13-18)14-21(25(29)36)20-10-4-2-1-3-7-16-8-5-6-9-19(16)23-24(28)32-26(20)31-23/h5-6,8-9,11-15,20H,1-4,7,10H2,(H2,29,36)(H,31,32)/t20-/m0/s1. The van der Waals surface area contributed by atoms with Gasteiger partial charge in [0.25, 0.3) is 0 Å². The molecule has 1 aliphatic rings. The highest BCUT2D eigenvalue weighted by atomic mass is 35.5. The molecule has 8 nitrogen and oxygen atoms in total. The summed E-state index contributed by atoms with van der Waals surface area (Å²) >= 11 is 13.0. The average molecular weight is 522 g/mol. The fourth-order valence-electron chi connectivity index (χ4n) is 4.77. The van der Waals surface area contributed by atoms with E-state index in [-0.39, 0.29) is 5.92 Å². The minimum atomic E-state index is -0.538. The highest BCUT2D eigenvalue weighted by Gasteiger charge is 2.27. The molecule has 0 spiro atoms. The molecular weight excluding hydrogens is 497 g/mol. The van der Waals surface area contributed by atoms with E-state index in [0.717, 1.165) is 37.7 Å². The third kappa shape index (κ3) is 5.05. The molecule has 2 bridgehead atoms. The summed E-state index contributed by atoms with van der Waals surface area (Å²) < 4.78 is 1.51. The number of aryl methyl sites for hydroxylation is 1. The van der Waals surface area contributed by atoms with Crippen LogP contribution >= 0.6 is 23.2 Å². The Morgan fingerprint density at radius 1 is 1.11 bits per heavy atom. The molecule has 36 heavy (non-hydrogen) atoms. The predicted octanol–water partition coefficient (Wildman–Crippen LogP) is 5.52. The van der Waals surface area contributed by atoms with Gasteiger partial charge in [0.1, 0.15) is 23.0 Å². The lowest BCUT2D eigenvalue weighted by atomic mass is 9.89. The van der Waals surface area contributed by atoms with Gasteiger partial charge in [0.05, 0.1) is 5.69 Å². The van der Waals surface area contributed by atoms with Gasteiger partial charge in [-0.25, -0.2) is 4.98 Å². The van der Waals surface area contributed by atoms with Crippen molar-refractivity contribution in [3.8, 4) is 16.9 Å². The summed E-state index contributed by atoms with van der Waals surface area (Å²) in [5.41, 5.74) is 10.6. The molecule has 2 aromatic carbocycles. The number of fused-ring (bicyclic) bond motifs is 4. The Balaban J connectivity index is 1.64. The third-order valence-electron chi connectivity index (χ3n) is 6.53. The van der Waals surface area contributed by atoms with Gasteiger partial charge in [0.2, 0.25) is 5.91 Å². The second-order valence-electron chi connectivity index (χ2n) is 8.87. The van der Waals surface area contributed by atoms with Crippen LogP contribution in [0.5, 0.6) is 0 Å². The van der Waals surface area contributed by atoms with Crippen LogP contribution in [0.15, 0.2) is 54.4 Å². The second kappa shape index (κ2) is 10.6. The Hall–Kier alpha value is -3.49. The maximum Gasteiger partial charge on any atom is 0.245 e. The number of amides is 1. The van der Waals surface area contributed by atoms with Crippen molar-refractivity contribution < 1.29 is 4.79 Å². The van der Waals surface area contributed by atoms with Crippen molar-refractivity contribution >= 4 is 35.2 Å². The lowest BCUT2D eigenvalue weighted by Crippen LogP contribution is -2.21. The van der Waals surface area contributed by atoms with E-state index in [2.05, 4.69) is 26.6 Å². The Labute approximate surface area is 218 Å². The maximum atomic E-state index is 12.9. The normalized spacial score (nSPS) is 16.6. The summed E-state index contributed by atoms with van der Waals surface area (Å²) in [6, 6.07) is 13.5. The first-order chi connectivity index (χ1) is 17.5. The van der Waals surface area contributed by atoms with Gasteiger partial charge in [0, 0.05) is 27.6 Å². The number of nitrogens with zero attached hydrogens (tertiary/aromatic N) is 5. The summed E-state index contributed by atoms with van der Waals surface area (Å²) in [6.07, 6.45) is 9.04. The van der Waals surface area contributed by atoms with E-state index in [9.17, 15) is 4.79 Å². The molecule has 0 aliphatic carbocycles. The number of benzene rings is 2. The van der Waals surface area contributed by atoms with Crippen LogP contribution in [-0.2, 0) is 11.2 Å². The van der Waals surface area contributed by atoms with E-state index < -0.39 is 5.91 Å². The largest absolute Gasteiger partial charge is 0.366 e. The van der Waals surface area contributed by atoms with Crippen LogP contribution in [0.3, 0.4) is 0 Å². The smallest absolute Gasteiger partial charge is 0.245 e. The van der Waals surface area contributed by atoms with Gasteiger partial charge in [-0.2, -0.15) is 4.68 Å². The second-order valence-corrected chi connectivity index (χ2v) is 9.68. The number of rotatable bonds is 4. The molecule has 2 aromatic heterocycles. The molecule has 10 heteroatoms. The molecule has 1 amide bonds. The molecule has 0 fully saturated rings. The van der Waals surface area contributed by atoms with Crippen molar-refractivity contribution in [2.75, 3.05) is 0 Å². The number of primary amides is 1. The molecule has 3 heterocycles. The SMILES string of the molecule is NC(=O)C(=Cc1cc(Cl)ccc1-n1cnnn1)[C@@H]1CCCCCCc2ccccc2-c2nc1[nH]c2Cl. The summed E-state index contributed by atoms with van der Waals surface area (Å²) in [5, 5.41) is 12.4. The zero-order chi connectivity index (χ0) is 25.1. The molecule has 4 aromatic rings. The zero-order valence-electron chi connectivity index (χ0n) is 19.5. The van der Waals surface area contributed by atoms with Gasteiger partial charge in [-0.15, -0.1) is 5.10 Å². The zero-order valence-corrected chi connectivity index (χ0v) is 21.0. The number of hydrogen-bond donors (Lipinski definition) is 2. The predicted molar refractivity (Wildman–Crippen MR) is 140 cm³/mol. The summed E-state index contributed by atoms with van der Waals surface area (Å²) in [6.45, 7) is 0. The topological polar surface area (TPSA) is 115 Å². The van der Waals surface area contributed by atoms with Gasteiger partial charge in [-0.3, -0.25) is 4.79 Å². The third-order valence-corrected chi connectivity index (χ3v) is 7.03. The van der Waals surface area contributed by atoms with Crippen LogP contribution in [0.4, 0.5) is 0 Å². The molecule has 1 aliphatic heterocycles. The Morgan fingerprint density at radius 2 is 1.94 bits per heavy atom. The molecule has 184 valence electrons. The summed E-state index contributed by atoms with van der Waals surface area (Å²) in [4.78, 5) is 21.0. The number of carbonyl (C=O) groups excluding carboxylic acids is 1. The first-order valence-electron chi connectivity index (χ1n) is 11.9. The summed E-state index contributed by atoms with van der Waals surface area (Å²) in [5.74, 6) is -0.299. The fourth-order valence-corrected chi connectivity index (χ4v) is 5.19. The number of aromatic amines is 1. The van der Waals surface area contributed by atoms with E-state index in [1.165, 1.54) is 16.6 Å². The van der Waals surface area contributed by atoms with Gasteiger partial charge >= 0.3 is 0 Å². The molecule has 0 unspecified atom stereocenters. The van der Waals surface area contributed by atoms with Crippen molar-refractivity contribution in [2.24, 2.45) is 5.73 Å². The minimum Gasteiger partial charge on any atom is -0.366 e. The number of imidazole rings is 1. The monoisotopic (exact) mass is 521 g/mol. The minimum absolute atomic E-state index is 0.374. The molecule has 5 rings (SSSR count). The Kier molecular flexibility index (Phi) is 7.16. The van der Waals surface area contributed by atoms with Crippen molar-refractivity contribution in [2.45, 2.75) is 44.4 Å². The molecular formula is C26H25Cl2N7O. The maximum absolute atomic E-state index is 12.9. The van der Waals surface area contributed by atoms with Crippen molar-refractivity contribution in [1.29, 1.82) is 0 Å². The van der Waals surface area contributed by atoms with Crippen LogP contribution in [0.2, 0.25) is 10.2 Å². The van der Waals surface area contributed by atoms with E-state index in [1.807, 2.05) is 18.2 Å². The number of halogens is 2. The number of nitrogens with one attached hydrogen (secondary N) is 1. The summed E-state index contributed by atoms with van der Waals surface area (Å²) in [7, 11) is 0. The Morgan fingerprint density at radius 3 is 2.75 bits per heavy atom. The van der Waals surface area contributed by atoms with Crippen molar-refractivity contribution in [1.82, 2.24) is 30.2 Å². The van der Waals surface area contributed by atoms with E-state index >= 15 is 0 Å². The van der Waals surface area contributed by atoms with Crippen LogP contribution in [0, 0.1) is 0 Å². The Bertz CT molecular complexity index is 1410. The van der Waals surface area contributed by atoms with E-state index in [0.29, 0.717) is 44.9 Å². The molecule has 1 atom stereocenters. The van der Waals surface area contributed by atoms with Crippen molar-refractivity contribution in [3.63, 3.8) is 0 Å². The highest BCUT2D eigenvalue weighted by Crippen LogP contribution is 2.37. The van der Waals surface area contributed by atoms with Gasteiger partial charge < -0.3 is 10.7 Å². The number of hydrogen-bond acceptors (Lipinski definition) is 5. The lowest BCUT2D eigenvalue weighted by Gasteiger charge is -2.18. The number of H-pyrrole nitrogens is 1. The lowest BCUT2D eigenvalue weighted by molar-refractivity contribution is -0.114. The molecule has 0 radical (unpaired) electrons. The van der Waals surface area contributed by atoms with E-state index in [1.54, 1.807) is 24.3 Å². The van der Waals surface area contributed by atoms with Gasteiger partial charge in [0.15, 0.2) is 0 Å². The number of nitrogens with two attached hydrogens (primary N) is 1. The fraction of sp³-hybridized carbons (Fsp3) is 0.269. The molecule has 3 N–H and O–H groups in total.